The van der Waals surface area contributed by atoms with Crippen molar-refractivity contribution in [2.24, 2.45) is 5.11 Å². The van der Waals surface area contributed by atoms with Crippen molar-refractivity contribution in [1.82, 2.24) is 0 Å². The number of phenols is 1. The Bertz CT molecular complexity index is 384. The molecule has 0 aliphatic heterocycles. The van der Waals surface area contributed by atoms with Crippen molar-refractivity contribution in [2.45, 2.75) is 6.29 Å². The summed E-state index contributed by atoms with van der Waals surface area (Å²) in [6.45, 7) is 0. The second-order valence-electron chi connectivity index (χ2n) is 2.74. The van der Waals surface area contributed by atoms with E-state index in [1.54, 1.807) is 0 Å². The van der Waals surface area contributed by atoms with Gasteiger partial charge in [0.25, 0.3) is 0 Å². The molecule has 0 fully saturated rings. The van der Waals surface area contributed by atoms with Crippen molar-refractivity contribution >= 4 is 5.69 Å². The Kier molecular flexibility index (Phi) is 3.93. The van der Waals surface area contributed by atoms with Gasteiger partial charge >= 0.3 is 0 Å². The van der Waals surface area contributed by atoms with E-state index in [0.29, 0.717) is 11.3 Å². The zero-order valence-electron chi connectivity index (χ0n) is 8.41. The Morgan fingerprint density at radius 3 is 2.60 bits per heavy atom. The first kappa shape index (κ1) is 11.3. The number of hydrogen-bond donors (Lipinski definition) is 1. The predicted molar refractivity (Wildman–Crippen MR) is 53.7 cm³/mol. The maximum absolute atomic E-state index is 9.54. The molecule has 0 unspecified atom stereocenters. The molecule has 1 rings (SSSR count). The van der Waals surface area contributed by atoms with Gasteiger partial charge in [0.2, 0.25) is 0 Å². The highest BCUT2D eigenvalue weighted by Crippen LogP contribution is 2.30. The van der Waals surface area contributed by atoms with Gasteiger partial charge in [0, 0.05) is 30.4 Å². The Balaban J connectivity index is 3.14. The van der Waals surface area contributed by atoms with Crippen LogP contribution in [0.2, 0.25) is 0 Å². The number of ether oxygens (including phenoxy) is 2. The lowest BCUT2D eigenvalue weighted by Crippen LogP contribution is -2.03. The summed E-state index contributed by atoms with van der Waals surface area (Å²) in [6, 6.07) is 4.43. The van der Waals surface area contributed by atoms with Gasteiger partial charge < -0.3 is 14.6 Å². The molecule has 0 saturated heterocycles. The summed E-state index contributed by atoms with van der Waals surface area (Å²) in [4.78, 5) is 2.65. The quantitative estimate of drug-likeness (QED) is 0.358. The minimum Gasteiger partial charge on any atom is -0.507 e. The first-order chi connectivity index (χ1) is 7.22. The van der Waals surface area contributed by atoms with Gasteiger partial charge in [-0.2, -0.15) is 0 Å². The first-order valence-corrected chi connectivity index (χ1v) is 4.16. The lowest BCUT2D eigenvalue weighted by Gasteiger charge is -2.15. The molecule has 1 aromatic carbocycles. The molecule has 1 aromatic rings. The normalized spacial score (nSPS) is 10.1. The molecule has 0 bridgehead atoms. The van der Waals surface area contributed by atoms with Gasteiger partial charge in [0.05, 0.1) is 0 Å². The number of methoxy groups -OCH3 is 2. The molecule has 0 atom stereocenters. The highest BCUT2D eigenvalue weighted by Gasteiger charge is 2.13. The van der Waals surface area contributed by atoms with Crippen molar-refractivity contribution in [3.8, 4) is 5.75 Å². The van der Waals surface area contributed by atoms with Crippen LogP contribution in [0.5, 0.6) is 5.75 Å². The zero-order valence-corrected chi connectivity index (χ0v) is 8.41. The van der Waals surface area contributed by atoms with Crippen LogP contribution < -0.4 is 0 Å². The number of azide groups is 1. The standard InChI is InChI=1S/C9H11N3O3/c1-14-9(15-2)7-5-6(11-12-10)3-4-8(7)13/h3-5,9,13H,1-2H3. The smallest absolute Gasteiger partial charge is 0.186 e. The van der Waals surface area contributed by atoms with E-state index in [1.807, 2.05) is 0 Å². The lowest BCUT2D eigenvalue weighted by atomic mass is 10.1. The van der Waals surface area contributed by atoms with Gasteiger partial charge in [0.15, 0.2) is 6.29 Å². The van der Waals surface area contributed by atoms with Crippen LogP contribution >= 0.6 is 0 Å². The number of phenolic OH excluding ortho intramolecular Hbond substituents is 1. The molecule has 0 saturated carbocycles. The molecule has 0 radical (unpaired) electrons. The topological polar surface area (TPSA) is 87.5 Å². The summed E-state index contributed by atoms with van der Waals surface area (Å²) in [7, 11) is 2.90. The van der Waals surface area contributed by atoms with Crippen LogP contribution in [-0.4, -0.2) is 19.3 Å². The zero-order chi connectivity index (χ0) is 11.3. The molecule has 1 N–H and O–H groups in total. The molecule has 80 valence electrons. The van der Waals surface area contributed by atoms with Crippen molar-refractivity contribution in [2.75, 3.05) is 14.2 Å². The van der Waals surface area contributed by atoms with E-state index in [0.717, 1.165) is 0 Å². The second kappa shape index (κ2) is 5.21. The van der Waals surface area contributed by atoms with E-state index in [9.17, 15) is 5.11 Å². The van der Waals surface area contributed by atoms with Gasteiger partial charge in [-0.15, -0.1) is 0 Å². The molecule has 6 heteroatoms. The van der Waals surface area contributed by atoms with Crippen LogP contribution in [0.4, 0.5) is 5.69 Å². The van der Waals surface area contributed by atoms with E-state index in [4.69, 9.17) is 15.0 Å². The fraction of sp³-hybridized carbons (Fsp3) is 0.333. The third-order valence-corrected chi connectivity index (χ3v) is 1.85. The second-order valence-corrected chi connectivity index (χ2v) is 2.74. The molecule has 6 nitrogen and oxygen atoms in total. The molecule has 0 aromatic heterocycles. The number of aromatic hydroxyl groups is 1. The van der Waals surface area contributed by atoms with E-state index in [2.05, 4.69) is 10.0 Å². The van der Waals surface area contributed by atoms with Crippen molar-refractivity contribution in [3.05, 3.63) is 34.2 Å². The molecular formula is C9H11N3O3. The van der Waals surface area contributed by atoms with Crippen LogP contribution in [0.15, 0.2) is 23.3 Å². The van der Waals surface area contributed by atoms with E-state index in [1.165, 1.54) is 32.4 Å². The Labute approximate surface area is 86.7 Å². The molecule has 0 aliphatic carbocycles. The van der Waals surface area contributed by atoms with Gasteiger partial charge in [-0.1, -0.05) is 5.11 Å². The summed E-state index contributed by atoms with van der Waals surface area (Å²) < 4.78 is 9.96. The summed E-state index contributed by atoms with van der Waals surface area (Å²) in [5, 5.41) is 13.0. The minimum atomic E-state index is -0.682. The van der Waals surface area contributed by atoms with Crippen LogP contribution in [0, 0.1) is 0 Å². The highest BCUT2D eigenvalue weighted by molar-refractivity contribution is 5.47. The van der Waals surface area contributed by atoms with Crippen LogP contribution in [0.3, 0.4) is 0 Å². The molecule has 0 amide bonds. The van der Waals surface area contributed by atoms with Gasteiger partial charge in [-0.25, -0.2) is 0 Å². The average molecular weight is 209 g/mol. The SMILES string of the molecule is COC(OC)c1cc(N=[N+]=[N-])ccc1O. The van der Waals surface area contributed by atoms with Crippen molar-refractivity contribution < 1.29 is 14.6 Å². The molecular weight excluding hydrogens is 198 g/mol. The number of hydrogen-bond acceptors (Lipinski definition) is 4. The van der Waals surface area contributed by atoms with Gasteiger partial charge in [-0.05, 0) is 23.7 Å². The number of nitrogens with zero attached hydrogens (tertiary/aromatic N) is 3. The summed E-state index contributed by atoms with van der Waals surface area (Å²) in [6.07, 6.45) is -0.682. The summed E-state index contributed by atoms with van der Waals surface area (Å²) >= 11 is 0. The predicted octanol–water partition coefficient (Wildman–Crippen LogP) is 2.63. The third kappa shape index (κ3) is 2.60. The maximum Gasteiger partial charge on any atom is 0.186 e. The van der Waals surface area contributed by atoms with Crippen molar-refractivity contribution in [3.63, 3.8) is 0 Å². The first-order valence-electron chi connectivity index (χ1n) is 4.16. The molecule has 0 heterocycles. The number of rotatable bonds is 4. The van der Waals surface area contributed by atoms with E-state index in [-0.39, 0.29) is 5.75 Å². The monoisotopic (exact) mass is 209 g/mol. The highest BCUT2D eigenvalue weighted by atomic mass is 16.7. The average Bonchev–Trinajstić information content (AvgIpc) is 2.24. The Hall–Kier alpha value is -1.75. The van der Waals surface area contributed by atoms with Gasteiger partial charge in [-0.3, -0.25) is 0 Å². The van der Waals surface area contributed by atoms with Crippen LogP contribution in [0.25, 0.3) is 10.4 Å². The molecule has 0 aliphatic rings. The summed E-state index contributed by atoms with van der Waals surface area (Å²) in [5.74, 6) is 0.0283. The number of benzene rings is 1. The van der Waals surface area contributed by atoms with Crippen LogP contribution in [0.1, 0.15) is 11.9 Å². The van der Waals surface area contributed by atoms with E-state index < -0.39 is 6.29 Å². The fourth-order valence-electron chi connectivity index (χ4n) is 1.19. The largest absolute Gasteiger partial charge is 0.507 e. The maximum atomic E-state index is 9.54. The van der Waals surface area contributed by atoms with Crippen molar-refractivity contribution in [1.29, 1.82) is 0 Å². The Morgan fingerprint density at radius 1 is 1.40 bits per heavy atom. The Morgan fingerprint density at radius 2 is 2.07 bits per heavy atom. The lowest BCUT2D eigenvalue weighted by molar-refractivity contribution is -0.106. The summed E-state index contributed by atoms with van der Waals surface area (Å²) in [5.41, 5.74) is 9.08. The van der Waals surface area contributed by atoms with Gasteiger partial charge in [0.1, 0.15) is 5.75 Å². The van der Waals surface area contributed by atoms with Crippen LogP contribution in [-0.2, 0) is 9.47 Å². The molecule has 0 spiro atoms. The fourth-order valence-corrected chi connectivity index (χ4v) is 1.19. The minimum absolute atomic E-state index is 0.0283. The van der Waals surface area contributed by atoms with E-state index >= 15 is 0 Å². The third-order valence-electron chi connectivity index (χ3n) is 1.85. The molecule has 15 heavy (non-hydrogen) atoms.